The maximum Gasteiger partial charge on any atom is 0.273 e. The van der Waals surface area contributed by atoms with Crippen LogP contribution in [0.2, 0.25) is 0 Å². The number of carbonyl (C=O) groups excluding carboxylic acids is 2. The third-order valence-corrected chi connectivity index (χ3v) is 5.19. The maximum absolute atomic E-state index is 12.4. The second-order valence-electron chi connectivity index (χ2n) is 6.10. The molecule has 0 saturated carbocycles. The van der Waals surface area contributed by atoms with Crippen molar-refractivity contribution in [2.24, 2.45) is 4.99 Å². The molecule has 29 heavy (non-hydrogen) atoms. The fourth-order valence-corrected chi connectivity index (χ4v) is 3.60. The van der Waals surface area contributed by atoms with E-state index in [-0.39, 0.29) is 23.8 Å². The Morgan fingerprint density at radius 3 is 2.76 bits per heavy atom. The van der Waals surface area contributed by atoms with Gasteiger partial charge in [0.2, 0.25) is 11.8 Å². The van der Waals surface area contributed by atoms with Crippen LogP contribution in [0.5, 0.6) is 5.75 Å². The summed E-state index contributed by atoms with van der Waals surface area (Å²) in [5.74, 6) is -0.525. The van der Waals surface area contributed by atoms with Gasteiger partial charge in [0.25, 0.3) is 5.69 Å². The van der Waals surface area contributed by atoms with Crippen molar-refractivity contribution in [3.63, 3.8) is 0 Å². The van der Waals surface area contributed by atoms with Gasteiger partial charge in [0.05, 0.1) is 30.3 Å². The standard InChI is InChI=1S/C19H18N4O5S/c1-28-15-9-13(23(26)27)7-8-14(15)21-17(24)10-16-18(25)22-19(29-16)20-11-12-5-3-2-4-6-12/h2-9,16H,10-11H2,1H3,(H,21,24)(H,20,22,25). The van der Waals surface area contributed by atoms with E-state index >= 15 is 0 Å². The molecule has 1 saturated heterocycles. The minimum Gasteiger partial charge on any atom is -0.494 e. The van der Waals surface area contributed by atoms with E-state index in [1.807, 2.05) is 30.3 Å². The summed E-state index contributed by atoms with van der Waals surface area (Å²) in [4.78, 5) is 39.2. The van der Waals surface area contributed by atoms with E-state index in [1.54, 1.807) is 0 Å². The van der Waals surface area contributed by atoms with Gasteiger partial charge in [0.1, 0.15) is 11.0 Å². The predicted molar refractivity (Wildman–Crippen MR) is 110 cm³/mol. The number of rotatable bonds is 7. The van der Waals surface area contributed by atoms with Crippen LogP contribution < -0.4 is 15.4 Å². The highest BCUT2D eigenvalue weighted by Crippen LogP contribution is 2.30. The molecule has 3 rings (SSSR count). The van der Waals surface area contributed by atoms with Crippen molar-refractivity contribution >= 4 is 40.1 Å². The Morgan fingerprint density at radius 1 is 1.31 bits per heavy atom. The summed E-state index contributed by atoms with van der Waals surface area (Å²) in [6, 6.07) is 13.5. The van der Waals surface area contributed by atoms with Crippen molar-refractivity contribution in [3.05, 3.63) is 64.2 Å². The fourth-order valence-electron chi connectivity index (χ4n) is 2.63. The Bertz CT molecular complexity index is 964. The molecule has 2 aromatic rings. The average molecular weight is 414 g/mol. The number of benzene rings is 2. The van der Waals surface area contributed by atoms with E-state index in [9.17, 15) is 19.7 Å². The molecular formula is C19H18N4O5S. The number of ether oxygens (including phenoxy) is 1. The van der Waals surface area contributed by atoms with E-state index in [1.165, 1.54) is 37.1 Å². The summed E-state index contributed by atoms with van der Waals surface area (Å²) in [5.41, 5.74) is 1.16. The van der Waals surface area contributed by atoms with Gasteiger partial charge in [-0.1, -0.05) is 42.1 Å². The third-order valence-electron chi connectivity index (χ3n) is 4.07. The molecule has 2 N–H and O–H groups in total. The van der Waals surface area contributed by atoms with Crippen LogP contribution in [0.1, 0.15) is 12.0 Å². The number of carbonyl (C=O) groups is 2. The number of aliphatic imine (C=N–C) groups is 1. The van der Waals surface area contributed by atoms with Crippen LogP contribution >= 0.6 is 11.8 Å². The van der Waals surface area contributed by atoms with Crippen molar-refractivity contribution in [1.82, 2.24) is 5.32 Å². The maximum atomic E-state index is 12.4. The molecule has 1 unspecified atom stereocenters. The number of nitro benzene ring substituents is 1. The molecule has 9 nitrogen and oxygen atoms in total. The van der Waals surface area contributed by atoms with Crippen molar-refractivity contribution in [2.45, 2.75) is 18.2 Å². The first kappa shape index (κ1) is 20.3. The van der Waals surface area contributed by atoms with Gasteiger partial charge in [-0.2, -0.15) is 0 Å². The van der Waals surface area contributed by atoms with Crippen molar-refractivity contribution in [2.75, 3.05) is 12.4 Å². The molecule has 150 valence electrons. The van der Waals surface area contributed by atoms with Crippen molar-refractivity contribution in [3.8, 4) is 5.75 Å². The van der Waals surface area contributed by atoms with Crippen LogP contribution in [0.25, 0.3) is 0 Å². The van der Waals surface area contributed by atoms with Crippen LogP contribution in [-0.2, 0) is 16.1 Å². The van der Waals surface area contributed by atoms with Crippen LogP contribution in [-0.4, -0.2) is 34.3 Å². The van der Waals surface area contributed by atoms with Crippen LogP contribution in [0.15, 0.2) is 53.5 Å². The SMILES string of the molecule is COc1cc([N+](=O)[O-])ccc1NC(=O)CC1SC(=NCc2ccccc2)NC1=O. The summed E-state index contributed by atoms with van der Waals surface area (Å²) >= 11 is 1.20. The third kappa shape index (κ3) is 5.32. The lowest BCUT2D eigenvalue weighted by atomic mass is 10.2. The van der Waals surface area contributed by atoms with Gasteiger partial charge >= 0.3 is 0 Å². The van der Waals surface area contributed by atoms with Crippen LogP contribution in [0.3, 0.4) is 0 Å². The molecule has 1 atom stereocenters. The predicted octanol–water partition coefficient (Wildman–Crippen LogP) is 2.72. The smallest absolute Gasteiger partial charge is 0.273 e. The van der Waals surface area contributed by atoms with E-state index < -0.39 is 16.1 Å². The summed E-state index contributed by atoms with van der Waals surface area (Å²) < 4.78 is 5.10. The van der Waals surface area contributed by atoms with Gasteiger partial charge in [0.15, 0.2) is 5.17 Å². The molecule has 0 bridgehead atoms. The molecule has 0 radical (unpaired) electrons. The highest BCUT2D eigenvalue weighted by Gasteiger charge is 2.32. The van der Waals surface area contributed by atoms with E-state index in [0.29, 0.717) is 17.4 Å². The molecule has 1 aliphatic heterocycles. The van der Waals surface area contributed by atoms with Crippen molar-refractivity contribution in [1.29, 1.82) is 0 Å². The first-order valence-corrected chi connectivity index (χ1v) is 9.52. The quantitative estimate of drug-likeness (QED) is 0.530. The highest BCUT2D eigenvalue weighted by molar-refractivity contribution is 8.15. The number of non-ortho nitro benzene ring substituents is 1. The summed E-state index contributed by atoms with van der Waals surface area (Å²) in [5, 5.41) is 16.0. The van der Waals surface area contributed by atoms with Gasteiger partial charge in [-0.05, 0) is 11.6 Å². The lowest BCUT2D eigenvalue weighted by Crippen LogP contribution is -2.28. The van der Waals surface area contributed by atoms with Gasteiger partial charge in [0, 0.05) is 12.5 Å². The summed E-state index contributed by atoms with van der Waals surface area (Å²) in [7, 11) is 1.35. The van der Waals surface area contributed by atoms with E-state index in [2.05, 4.69) is 15.6 Å². The number of thioether (sulfide) groups is 1. The molecule has 2 amide bonds. The second-order valence-corrected chi connectivity index (χ2v) is 7.29. The first-order chi connectivity index (χ1) is 14.0. The fraction of sp³-hybridized carbons (Fsp3) is 0.211. The number of methoxy groups -OCH3 is 1. The lowest BCUT2D eigenvalue weighted by molar-refractivity contribution is -0.384. The molecule has 10 heteroatoms. The van der Waals surface area contributed by atoms with Crippen molar-refractivity contribution < 1.29 is 19.2 Å². The zero-order valence-corrected chi connectivity index (χ0v) is 16.3. The minimum atomic E-state index is -0.603. The van der Waals surface area contributed by atoms with E-state index in [0.717, 1.165) is 5.56 Å². The topological polar surface area (TPSA) is 123 Å². The normalized spacial score (nSPS) is 17.1. The van der Waals surface area contributed by atoms with Crippen LogP contribution in [0, 0.1) is 10.1 Å². The molecule has 1 fully saturated rings. The number of amides is 2. The largest absolute Gasteiger partial charge is 0.494 e. The number of amidine groups is 1. The molecular weight excluding hydrogens is 396 g/mol. The minimum absolute atomic E-state index is 0.0685. The average Bonchev–Trinajstić information content (AvgIpc) is 3.06. The molecule has 0 aliphatic carbocycles. The van der Waals surface area contributed by atoms with E-state index in [4.69, 9.17) is 4.74 Å². The second kappa shape index (κ2) is 9.20. The monoisotopic (exact) mass is 414 g/mol. The molecule has 2 aromatic carbocycles. The molecule has 0 spiro atoms. The van der Waals surface area contributed by atoms with Gasteiger partial charge in [-0.15, -0.1) is 0 Å². The highest BCUT2D eigenvalue weighted by atomic mass is 32.2. The number of nitro groups is 1. The Kier molecular flexibility index (Phi) is 6.45. The van der Waals surface area contributed by atoms with Gasteiger partial charge < -0.3 is 15.4 Å². The lowest BCUT2D eigenvalue weighted by Gasteiger charge is -2.11. The molecule has 1 aliphatic rings. The number of hydrogen-bond acceptors (Lipinski definition) is 7. The summed E-state index contributed by atoms with van der Waals surface area (Å²) in [6.45, 7) is 0.433. The number of nitrogens with one attached hydrogen (secondary N) is 2. The summed E-state index contributed by atoms with van der Waals surface area (Å²) in [6.07, 6.45) is -0.0685. The Labute approximate surface area is 170 Å². The van der Waals surface area contributed by atoms with Gasteiger partial charge in [-0.25, -0.2) is 0 Å². The first-order valence-electron chi connectivity index (χ1n) is 8.64. The Balaban J connectivity index is 1.59. The zero-order chi connectivity index (χ0) is 20.8. The Hall–Kier alpha value is -3.40. The van der Waals surface area contributed by atoms with Gasteiger partial charge in [-0.3, -0.25) is 24.7 Å². The number of hydrogen-bond donors (Lipinski definition) is 2. The number of anilines is 1. The van der Waals surface area contributed by atoms with Crippen LogP contribution in [0.4, 0.5) is 11.4 Å². The Morgan fingerprint density at radius 2 is 2.07 bits per heavy atom. The molecule has 1 heterocycles. The number of nitrogens with zero attached hydrogens (tertiary/aromatic N) is 2. The molecule has 0 aromatic heterocycles. The zero-order valence-electron chi connectivity index (χ0n) is 15.5.